The minimum atomic E-state index is -4.09. The van der Waals surface area contributed by atoms with E-state index in [1.165, 1.54) is 6.92 Å². The summed E-state index contributed by atoms with van der Waals surface area (Å²) in [4.78, 5) is -0.887. The minimum Gasteiger partial charge on any atom is -0.203 e. The van der Waals surface area contributed by atoms with Gasteiger partial charge in [-0.3, -0.25) is 0 Å². The van der Waals surface area contributed by atoms with Crippen molar-refractivity contribution >= 4 is 17.1 Å². The summed E-state index contributed by atoms with van der Waals surface area (Å²) in [6.07, 6.45) is -3.88. The predicted molar refractivity (Wildman–Crippen MR) is 33.8 cm³/mol. The number of rotatable bonds is 3. The van der Waals surface area contributed by atoms with Gasteiger partial charge in [-0.05, 0) is 6.42 Å². The van der Waals surface area contributed by atoms with Crippen molar-refractivity contribution in [3.8, 4) is 0 Å². The summed E-state index contributed by atoms with van der Waals surface area (Å²) in [5.74, 6) is -4.09. The Labute approximate surface area is 61.2 Å². The lowest BCUT2D eigenvalue weighted by Crippen LogP contribution is -2.34. The van der Waals surface area contributed by atoms with E-state index >= 15 is 0 Å². The molecular formula is C5H6F4S. The monoisotopic (exact) mass is 174 g/mol. The van der Waals surface area contributed by atoms with Gasteiger partial charge in [0, 0.05) is 0 Å². The van der Waals surface area contributed by atoms with Crippen molar-refractivity contribution in [3.63, 3.8) is 0 Å². The van der Waals surface area contributed by atoms with E-state index in [1.807, 2.05) is 0 Å². The molecule has 0 bridgehead atoms. The Morgan fingerprint density at radius 2 is 1.90 bits per heavy atom. The first-order chi connectivity index (χ1) is 4.42. The SMILES string of the molecule is CCC(=S)C(F)(F)C(F)F. The van der Waals surface area contributed by atoms with E-state index in [9.17, 15) is 17.6 Å². The van der Waals surface area contributed by atoms with Gasteiger partial charge >= 0.3 is 12.3 Å². The van der Waals surface area contributed by atoms with E-state index in [0.29, 0.717) is 0 Å². The highest BCUT2D eigenvalue weighted by Crippen LogP contribution is 2.25. The molecule has 0 aliphatic heterocycles. The summed E-state index contributed by atoms with van der Waals surface area (Å²) in [6.45, 7) is 1.32. The Bertz CT molecular complexity index is 132. The van der Waals surface area contributed by atoms with Crippen LogP contribution in [0.4, 0.5) is 17.6 Å². The zero-order valence-electron chi connectivity index (χ0n) is 5.20. The minimum absolute atomic E-state index is 0.202. The molecule has 0 aromatic heterocycles. The van der Waals surface area contributed by atoms with Gasteiger partial charge in [-0.25, -0.2) is 8.78 Å². The third-order valence-electron chi connectivity index (χ3n) is 0.967. The largest absolute Gasteiger partial charge is 0.338 e. The van der Waals surface area contributed by atoms with Gasteiger partial charge in [-0.2, -0.15) is 8.78 Å². The highest BCUT2D eigenvalue weighted by Gasteiger charge is 2.43. The molecule has 0 aromatic rings. The Hall–Kier alpha value is -0.190. The summed E-state index contributed by atoms with van der Waals surface area (Å²) in [5.41, 5.74) is 0. The Balaban J connectivity index is 4.24. The summed E-state index contributed by atoms with van der Waals surface area (Å²) >= 11 is 4.04. The van der Waals surface area contributed by atoms with Crippen molar-refractivity contribution in [1.82, 2.24) is 0 Å². The molecular weight excluding hydrogens is 168 g/mol. The van der Waals surface area contributed by atoms with Crippen LogP contribution in [-0.2, 0) is 0 Å². The maximum atomic E-state index is 12.0. The molecule has 0 aliphatic rings. The van der Waals surface area contributed by atoms with Crippen molar-refractivity contribution in [2.45, 2.75) is 25.7 Å². The molecule has 0 aliphatic carbocycles. The second-order valence-electron chi connectivity index (χ2n) is 1.70. The number of thiocarbonyl (C=S) groups is 1. The molecule has 60 valence electrons. The van der Waals surface area contributed by atoms with Crippen molar-refractivity contribution in [2.24, 2.45) is 0 Å². The molecule has 0 rings (SSSR count). The number of halogens is 4. The van der Waals surface area contributed by atoms with E-state index in [4.69, 9.17) is 0 Å². The standard InChI is InChI=1S/C5H6F4S/c1-2-3(10)5(8,9)4(6)7/h4H,2H2,1H3. The third-order valence-corrected chi connectivity index (χ3v) is 1.53. The van der Waals surface area contributed by atoms with E-state index < -0.39 is 17.2 Å². The van der Waals surface area contributed by atoms with Crippen LogP contribution in [0.25, 0.3) is 0 Å². The number of alkyl halides is 4. The molecule has 0 atom stereocenters. The zero-order chi connectivity index (χ0) is 8.36. The first-order valence-electron chi connectivity index (χ1n) is 2.62. The molecule has 0 saturated heterocycles. The fraction of sp³-hybridized carbons (Fsp3) is 0.800. The number of hydrogen-bond acceptors (Lipinski definition) is 1. The molecule has 0 fully saturated rings. The highest BCUT2D eigenvalue weighted by molar-refractivity contribution is 7.80. The van der Waals surface area contributed by atoms with Crippen LogP contribution in [0.2, 0.25) is 0 Å². The topological polar surface area (TPSA) is 0 Å². The normalized spacial score (nSPS) is 12.2. The summed E-state index contributed by atoms with van der Waals surface area (Å²) in [7, 11) is 0. The van der Waals surface area contributed by atoms with E-state index in [-0.39, 0.29) is 6.42 Å². The van der Waals surface area contributed by atoms with Gasteiger partial charge in [0.2, 0.25) is 0 Å². The van der Waals surface area contributed by atoms with Gasteiger partial charge in [-0.1, -0.05) is 19.1 Å². The van der Waals surface area contributed by atoms with Crippen molar-refractivity contribution in [2.75, 3.05) is 0 Å². The molecule has 0 radical (unpaired) electrons. The van der Waals surface area contributed by atoms with Gasteiger partial charge in [-0.15, -0.1) is 0 Å². The van der Waals surface area contributed by atoms with E-state index in [0.717, 1.165) is 0 Å². The maximum Gasteiger partial charge on any atom is 0.338 e. The van der Waals surface area contributed by atoms with Gasteiger partial charge in [0.05, 0.1) is 4.86 Å². The fourth-order valence-corrected chi connectivity index (χ4v) is 0.446. The first-order valence-corrected chi connectivity index (χ1v) is 3.03. The summed E-state index contributed by atoms with van der Waals surface area (Å²) in [6, 6.07) is 0. The molecule has 0 nitrogen and oxygen atoms in total. The Morgan fingerprint density at radius 1 is 1.50 bits per heavy atom. The van der Waals surface area contributed by atoms with Gasteiger partial charge in [0.1, 0.15) is 0 Å². The molecule has 5 heteroatoms. The molecule has 0 heterocycles. The molecule has 10 heavy (non-hydrogen) atoms. The van der Waals surface area contributed by atoms with Gasteiger partial charge in [0.15, 0.2) is 0 Å². The average Bonchev–Trinajstić information content (AvgIpc) is 1.86. The average molecular weight is 174 g/mol. The molecule has 0 saturated carbocycles. The van der Waals surface area contributed by atoms with Crippen molar-refractivity contribution in [1.29, 1.82) is 0 Å². The second kappa shape index (κ2) is 3.27. The van der Waals surface area contributed by atoms with Crippen LogP contribution in [0.5, 0.6) is 0 Å². The van der Waals surface area contributed by atoms with Crippen LogP contribution in [0.1, 0.15) is 13.3 Å². The first kappa shape index (κ1) is 9.81. The van der Waals surface area contributed by atoms with Crippen LogP contribution >= 0.6 is 12.2 Å². The third kappa shape index (κ3) is 1.90. The van der Waals surface area contributed by atoms with Crippen LogP contribution in [-0.4, -0.2) is 17.2 Å². The quantitative estimate of drug-likeness (QED) is 0.468. The molecule has 0 aromatic carbocycles. The maximum absolute atomic E-state index is 12.0. The number of hydrogen-bond donors (Lipinski definition) is 0. The van der Waals surface area contributed by atoms with Crippen molar-refractivity contribution < 1.29 is 17.6 Å². The lowest BCUT2D eigenvalue weighted by Gasteiger charge is -2.14. The van der Waals surface area contributed by atoms with E-state index in [2.05, 4.69) is 12.2 Å². The van der Waals surface area contributed by atoms with Crippen LogP contribution in [0.3, 0.4) is 0 Å². The van der Waals surface area contributed by atoms with Crippen LogP contribution in [0, 0.1) is 0 Å². The highest BCUT2D eigenvalue weighted by atomic mass is 32.1. The van der Waals surface area contributed by atoms with Gasteiger partial charge in [0.25, 0.3) is 0 Å². The van der Waals surface area contributed by atoms with Crippen LogP contribution < -0.4 is 0 Å². The molecule has 0 amide bonds. The molecule has 0 unspecified atom stereocenters. The summed E-state index contributed by atoms with van der Waals surface area (Å²) in [5, 5.41) is 0. The predicted octanol–water partition coefficient (Wildman–Crippen LogP) is 2.67. The summed E-state index contributed by atoms with van der Waals surface area (Å²) < 4.78 is 46.9. The Kier molecular flexibility index (Phi) is 3.21. The smallest absolute Gasteiger partial charge is 0.203 e. The lowest BCUT2D eigenvalue weighted by molar-refractivity contribution is -0.0742. The second-order valence-corrected chi connectivity index (χ2v) is 2.19. The van der Waals surface area contributed by atoms with Crippen LogP contribution in [0.15, 0.2) is 0 Å². The Morgan fingerprint density at radius 3 is 2.00 bits per heavy atom. The van der Waals surface area contributed by atoms with E-state index in [1.54, 1.807) is 0 Å². The lowest BCUT2D eigenvalue weighted by atomic mass is 10.2. The zero-order valence-corrected chi connectivity index (χ0v) is 6.02. The molecule has 0 N–H and O–H groups in total. The fourth-order valence-electron chi connectivity index (χ4n) is 0.357. The van der Waals surface area contributed by atoms with Gasteiger partial charge < -0.3 is 0 Å². The van der Waals surface area contributed by atoms with Crippen molar-refractivity contribution in [3.05, 3.63) is 0 Å². The molecule has 0 spiro atoms.